The third-order valence-corrected chi connectivity index (χ3v) is 0. The van der Waals surface area contributed by atoms with E-state index in [9.17, 15) is 0 Å². The van der Waals surface area contributed by atoms with E-state index in [1.807, 2.05) is 0 Å². The summed E-state index contributed by atoms with van der Waals surface area (Å²) < 4.78 is 0. The molecule has 0 aliphatic carbocycles. The molecule has 0 rings (SSSR count). The van der Waals surface area contributed by atoms with Gasteiger partial charge in [0, 0.05) is 0 Å². The number of hydrogen-bond acceptors (Lipinski definition) is 0. The molecule has 0 aliphatic heterocycles. The zero-order valence-electron chi connectivity index (χ0n) is 3.46. The van der Waals surface area contributed by atoms with Crippen molar-refractivity contribution in [3.8, 4) is 0 Å². The van der Waals surface area contributed by atoms with Gasteiger partial charge in [-0.3, -0.25) is 0 Å². The van der Waals surface area contributed by atoms with Crippen molar-refractivity contribution in [3.05, 3.63) is 0 Å². The molecule has 0 aromatic carbocycles. The van der Waals surface area contributed by atoms with Gasteiger partial charge in [0.25, 0.3) is 0 Å². The molecule has 4 nitrogen and oxygen atoms in total. The Labute approximate surface area is 79.5 Å². The van der Waals surface area contributed by atoms with Crippen LogP contribution in [0.1, 0.15) is 0 Å². The van der Waals surface area contributed by atoms with Crippen LogP contribution < -0.4 is 48.0 Å². The summed E-state index contributed by atoms with van der Waals surface area (Å²) >= 11 is 0. The molecular weight excluding hydrogens is 327 g/mol. The van der Waals surface area contributed by atoms with E-state index < -0.39 is 0 Å². The third-order valence-electron chi connectivity index (χ3n) is 0. The van der Waals surface area contributed by atoms with Crippen LogP contribution in [-0.2, 0) is 0 Å². The van der Waals surface area contributed by atoms with E-state index in [2.05, 4.69) is 0 Å². The Morgan fingerprint density at radius 2 is 0.429 bits per heavy atom. The summed E-state index contributed by atoms with van der Waals surface area (Å²) in [5.41, 5.74) is 0. The molecule has 0 aromatic heterocycles. The van der Waals surface area contributed by atoms with Crippen LogP contribution in [0.25, 0.3) is 0 Å². The number of hydrogen-bond donors (Lipinski definition) is 0. The minimum Gasteiger partial charge on any atom is -1.00 e. The van der Waals surface area contributed by atoms with Crippen LogP contribution in [-0.4, -0.2) is 32.0 Å². The first-order valence-electron chi connectivity index (χ1n) is 0. The molecule has 0 saturated carbocycles. The van der Waals surface area contributed by atoms with Gasteiger partial charge in [-0.15, -0.1) is 0 Å². The first kappa shape index (κ1) is 219. The van der Waals surface area contributed by atoms with E-state index in [4.69, 9.17) is 0 Å². The standard InChI is InChI=1S/Be.2HI.4H2O/h;2*1H;4*1H2/q+2;;;;;;/p-2. The zero-order valence-corrected chi connectivity index (χ0v) is 7.78. The molecule has 0 amide bonds. The monoisotopic (exact) mass is 335 g/mol. The van der Waals surface area contributed by atoms with Crippen molar-refractivity contribution < 1.29 is 69.9 Å². The quantitative estimate of drug-likeness (QED) is 0.308. The molecule has 0 heterocycles. The molecule has 0 fully saturated rings. The largest absolute Gasteiger partial charge is 2.00 e. The Morgan fingerprint density at radius 3 is 0.429 bits per heavy atom. The van der Waals surface area contributed by atoms with Crippen LogP contribution in [0, 0.1) is 0 Å². The second-order valence-corrected chi connectivity index (χ2v) is 0. The average molecular weight is 335 g/mol. The zero-order chi connectivity index (χ0) is 0. The Morgan fingerprint density at radius 1 is 0.429 bits per heavy atom. The van der Waals surface area contributed by atoms with Crippen molar-refractivity contribution in [3.63, 3.8) is 0 Å². The van der Waals surface area contributed by atoms with Crippen molar-refractivity contribution >= 4 is 10.1 Å². The summed E-state index contributed by atoms with van der Waals surface area (Å²) in [6.45, 7) is 0. The summed E-state index contributed by atoms with van der Waals surface area (Å²) in [6, 6.07) is 0. The van der Waals surface area contributed by atoms with Crippen LogP contribution in [0.5, 0.6) is 0 Å². The van der Waals surface area contributed by atoms with Crippen molar-refractivity contribution in [1.82, 2.24) is 0 Å². The summed E-state index contributed by atoms with van der Waals surface area (Å²) in [5.74, 6) is 0. The molecular formula is H8BeI2O4. The molecule has 0 spiro atoms. The normalized spacial score (nSPS) is 0. The van der Waals surface area contributed by atoms with Crippen molar-refractivity contribution in [2.45, 2.75) is 0 Å². The minimum atomic E-state index is 0. The fourth-order valence-corrected chi connectivity index (χ4v) is 0. The number of halogens is 2. The van der Waals surface area contributed by atoms with Gasteiger partial charge >= 0.3 is 10.1 Å². The van der Waals surface area contributed by atoms with Crippen LogP contribution >= 0.6 is 0 Å². The van der Waals surface area contributed by atoms with E-state index in [1.54, 1.807) is 0 Å². The van der Waals surface area contributed by atoms with Crippen LogP contribution in [0.15, 0.2) is 0 Å². The van der Waals surface area contributed by atoms with Gasteiger partial charge in [0.2, 0.25) is 0 Å². The fraction of sp³-hybridized carbons (Fsp3) is 0. The molecule has 0 saturated heterocycles. The Balaban J connectivity index is 0. The predicted octanol–water partition coefficient (Wildman–Crippen LogP) is -9.67. The summed E-state index contributed by atoms with van der Waals surface area (Å²) in [5, 5.41) is 0. The molecule has 0 radical (unpaired) electrons. The van der Waals surface area contributed by atoms with Crippen molar-refractivity contribution in [2.75, 3.05) is 0 Å². The maximum Gasteiger partial charge on any atom is 2.00 e. The maximum atomic E-state index is 0. The van der Waals surface area contributed by atoms with Gasteiger partial charge in [-0.05, 0) is 0 Å². The van der Waals surface area contributed by atoms with Crippen LogP contribution in [0.3, 0.4) is 0 Å². The third kappa shape index (κ3) is 104. The summed E-state index contributed by atoms with van der Waals surface area (Å²) in [6.07, 6.45) is 0. The smallest absolute Gasteiger partial charge is 1.00 e. The molecule has 8 N–H and O–H groups in total. The number of rotatable bonds is 0. The van der Waals surface area contributed by atoms with E-state index in [-0.39, 0.29) is 80.0 Å². The maximum absolute atomic E-state index is 0. The van der Waals surface area contributed by atoms with Gasteiger partial charge in [0.15, 0.2) is 0 Å². The van der Waals surface area contributed by atoms with E-state index in [0.717, 1.165) is 0 Å². The van der Waals surface area contributed by atoms with Gasteiger partial charge in [-0.25, -0.2) is 0 Å². The second-order valence-electron chi connectivity index (χ2n) is 0. The summed E-state index contributed by atoms with van der Waals surface area (Å²) in [7, 11) is 0. The molecule has 0 atom stereocenters. The van der Waals surface area contributed by atoms with Crippen molar-refractivity contribution in [1.29, 1.82) is 0 Å². The molecule has 0 aliphatic rings. The Bertz CT molecular complexity index is 9.65. The van der Waals surface area contributed by atoms with Gasteiger partial charge in [-0.2, -0.15) is 0 Å². The van der Waals surface area contributed by atoms with Gasteiger partial charge in [0.05, 0.1) is 0 Å². The molecule has 48 valence electrons. The van der Waals surface area contributed by atoms with Crippen LogP contribution in [0.2, 0.25) is 0 Å². The molecule has 0 unspecified atom stereocenters. The van der Waals surface area contributed by atoms with Crippen LogP contribution in [0.4, 0.5) is 0 Å². The Kier molecular flexibility index (Phi) is 4530. The van der Waals surface area contributed by atoms with E-state index in [0.29, 0.717) is 0 Å². The average Bonchev–Trinajstić information content (AvgIpc) is 0. The van der Waals surface area contributed by atoms with Crippen molar-refractivity contribution in [2.24, 2.45) is 0 Å². The first-order valence-corrected chi connectivity index (χ1v) is 0. The molecule has 7 heavy (non-hydrogen) atoms. The topological polar surface area (TPSA) is 126 Å². The second kappa shape index (κ2) is 145. The SMILES string of the molecule is O.O.O.O.[Be+2].[I-].[I-]. The van der Waals surface area contributed by atoms with Gasteiger partial charge in [-0.1, -0.05) is 0 Å². The van der Waals surface area contributed by atoms with E-state index in [1.165, 1.54) is 0 Å². The fourth-order valence-electron chi connectivity index (χ4n) is 0. The molecule has 7 heteroatoms. The first-order chi connectivity index (χ1) is 0. The predicted molar refractivity (Wildman–Crippen MR) is 20.2 cm³/mol. The van der Waals surface area contributed by atoms with Gasteiger partial charge < -0.3 is 69.9 Å². The van der Waals surface area contributed by atoms with E-state index >= 15 is 0 Å². The Hall–Kier alpha value is 1.47. The summed E-state index contributed by atoms with van der Waals surface area (Å²) in [4.78, 5) is 0. The minimum absolute atomic E-state index is 0. The molecule has 0 aromatic rings. The molecule has 0 bridgehead atoms. The van der Waals surface area contributed by atoms with Gasteiger partial charge in [0.1, 0.15) is 0 Å².